The highest BCUT2D eigenvalue weighted by atomic mass is 16.5. The first-order valence-corrected chi connectivity index (χ1v) is 4.16. The molecule has 0 aromatic rings. The van der Waals surface area contributed by atoms with Crippen LogP contribution in [0.1, 0.15) is 20.8 Å². The fourth-order valence-electron chi connectivity index (χ4n) is 0.750. The lowest BCUT2D eigenvalue weighted by Gasteiger charge is -2.28. The smallest absolute Gasteiger partial charge is 0.182 e. The second-order valence-corrected chi connectivity index (χ2v) is 3.82. The zero-order valence-corrected chi connectivity index (χ0v) is 8.55. The van der Waals surface area contributed by atoms with E-state index in [2.05, 4.69) is 6.58 Å². The number of likely N-dealkylation sites (N-methyl/N-ethyl adjacent to an activating group) is 1. The minimum absolute atomic E-state index is 0.181. The maximum absolute atomic E-state index is 5.53. The number of nitrogens with two attached hydrogens (primary N) is 1. The molecule has 0 saturated carbocycles. The van der Waals surface area contributed by atoms with Crippen molar-refractivity contribution in [2.45, 2.75) is 26.4 Å². The second-order valence-electron chi connectivity index (χ2n) is 3.82. The predicted octanol–water partition coefficient (Wildman–Crippen LogP) is 1.16. The van der Waals surface area contributed by atoms with Crippen LogP contribution in [0.4, 0.5) is 0 Å². The van der Waals surface area contributed by atoms with E-state index in [1.54, 1.807) is 0 Å². The molecule has 3 nitrogen and oxygen atoms in total. The van der Waals surface area contributed by atoms with Gasteiger partial charge in [-0.3, -0.25) is 0 Å². The molecule has 2 N–H and O–H groups in total. The molecule has 0 saturated heterocycles. The van der Waals surface area contributed by atoms with Gasteiger partial charge in [-0.2, -0.15) is 0 Å². The van der Waals surface area contributed by atoms with Gasteiger partial charge in [0.05, 0.1) is 0 Å². The zero-order chi connectivity index (χ0) is 9.78. The number of nitrogens with zero attached hydrogens (tertiary/aromatic N) is 1. The van der Waals surface area contributed by atoms with E-state index in [1.807, 2.05) is 32.7 Å². The lowest BCUT2D eigenvalue weighted by molar-refractivity contribution is 0.0102. The van der Waals surface area contributed by atoms with Crippen molar-refractivity contribution in [1.29, 1.82) is 0 Å². The van der Waals surface area contributed by atoms with Crippen LogP contribution in [-0.4, -0.2) is 30.6 Å². The summed E-state index contributed by atoms with van der Waals surface area (Å²) in [5.41, 5.74) is 5.21. The van der Waals surface area contributed by atoms with Crippen LogP contribution in [-0.2, 0) is 4.74 Å². The number of ether oxygens (including phenoxy) is 1. The van der Waals surface area contributed by atoms with Crippen molar-refractivity contribution < 1.29 is 4.74 Å². The van der Waals surface area contributed by atoms with Gasteiger partial charge in [-0.15, -0.1) is 0 Å². The van der Waals surface area contributed by atoms with Crippen LogP contribution in [0.3, 0.4) is 0 Å². The summed E-state index contributed by atoms with van der Waals surface area (Å²) < 4.78 is 5.53. The molecule has 0 atom stereocenters. The molecule has 0 spiro atoms. The summed E-state index contributed by atoms with van der Waals surface area (Å²) in [6, 6.07) is 0. The van der Waals surface area contributed by atoms with Gasteiger partial charge < -0.3 is 15.4 Å². The maximum atomic E-state index is 5.53. The third-order valence-corrected chi connectivity index (χ3v) is 1.31. The highest BCUT2D eigenvalue weighted by Crippen LogP contribution is 2.13. The second kappa shape index (κ2) is 4.36. The summed E-state index contributed by atoms with van der Waals surface area (Å²) in [6.07, 6.45) is 0. The highest BCUT2D eigenvalue weighted by molar-refractivity contribution is 4.84. The van der Waals surface area contributed by atoms with Crippen molar-refractivity contribution >= 4 is 0 Å². The van der Waals surface area contributed by atoms with Crippen molar-refractivity contribution in [3.63, 3.8) is 0 Å². The molecule has 0 aliphatic heterocycles. The lowest BCUT2D eigenvalue weighted by Crippen LogP contribution is -2.30. The van der Waals surface area contributed by atoms with Crippen LogP contribution in [0, 0.1) is 0 Å². The monoisotopic (exact) mass is 172 g/mol. The molecule has 0 unspecified atom stereocenters. The number of rotatable bonds is 4. The van der Waals surface area contributed by atoms with E-state index >= 15 is 0 Å². The van der Waals surface area contributed by atoms with Crippen molar-refractivity contribution in [2.24, 2.45) is 5.73 Å². The summed E-state index contributed by atoms with van der Waals surface area (Å²) in [5, 5.41) is 0. The molecule has 0 rings (SSSR count). The first-order valence-electron chi connectivity index (χ1n) is 4.16. The van der Waals surface area contributed by atoms with Crippen LogP contribution >= 0.6 is 0 Å². The van der Waals surface area contributed by atoms with Gasteiger partial charge in [0.2, 0.25) is 0 Å². The molecule has 0 aromatic carbocycles. The molecule has 72 valence electrons. The summed E-state index contributed by atoms with van der Waals surface area (Å²) >= 11 is 0. The maximum Gasteiger partial charge on any atom is 0.182 e. The van der Waals surface area contributed by atoms with Crippen molar-refractivity contribution in [1.82, 2.24) is 4.90 Å². The Morgan fingerprint density at radius 3 is 2.33 bits per heavy atom. The SMILES string of the molecule is C=C(OC(C)(C)C)N(C)CCN. The van der Waals surface area contributed by atoms with Gasteiger partial charge in [-0.05, 0) is 27.4 Å². The van der Waals surface area contributed by atoms with Gasteiger partial charge in [0.15, 0.2) is 5.88 Å². The Hall–Kier alpha value is -0.700. The normalized spacial score (nSPS) is 11.1. The lowest BCUT2D eigenvalue weighted by atomic mass is 10.2. The van der Waals surface area contributed by atoms with Crippen molar-refractivity contribution in [3.05, 3.63) is 12.5 Å². The average molecular weight is 172 g/mol. The first kappa shape index (κ1) is 11.3. The molecule has 3 heteroatoms. The van der Waals surface area contributed by atoms with Crippen molar-refractivity contribution in [2.75, 3.05) is 20.1 Å². The zero-order valence-electron chi connectivity index (χ0n) is 8.55. The molecule has 0 aliphatic carbocycles. The fourth-order valence-corrected chi connectivity index (χ4v) is 0.750. The number of hydrogen-bond acceptors (Lipinski definition) is 3. The molecule has 0 fully saturated rings. The molecular weight excluding hydrogens is 152 g/mol. The minimum Gasteiger partial charge on any atom is -0.474 e. The predicted molar refractivity (Wildman–Crippen MR) is 51.7 cm³/mol. The van der Waals surface area contributed by atoms with Gasteiger partial charge in [0, 0.05) is 20.1 Å². The van der Waals surface area contributed by atoms with E-state index in [1.165, 1.54) is 0 Å². The molecule has 0 bridgehead atoms. The number of hydrogen-bond donors (Lipinski definition) is 1. The van der Waals surface area contributed by atoms with Gasteiger partial charge in [0.25, 0.3) is 0 Å². The van der Waals surface area contributed by atoms with Crippen LogP contribution in [0.25, 0.3) is 0 Å². The van der Waals surface area contributed by atoms with Crippen LogP contribution in [0.5, 0.6) is 0 Å². The Balaban J connectivity index is 3.87. The third kappa shape index (κ3) is 5.02. The Morgan fingerprint density at radius 2 is 2.00 bits per heavy atom. The van der Waals surface area contributed by atoms with Gasteiger partial charge in [0.1, 0.15) is 5.60 Å². The van der Waals surface area contributed by atoms with E-state index in [4.69, 9.17) is 10.5 Å². The molecule has 12 heavy (non-hydrogen) atoms. The van der Waals surface area contributed by atoms with Crippen LogP contribution in [0.2, 0.25) is 0 Å². The Kier molecular flexibility index (Phi) is 4.10. The Labute approximate surface area is 75.2 Å². The van der Waals surface area contributed by atoms with Crippen LogP contribution < -0.4 is 5.73 Å². The average Bonchev–Trinajstić information content (AvgIpc) is 1.84. The van der Waals surface area contributed by atoms with Gasteiger partial charge >= 0.3 is 0 Å². The summed E-state index contributed by atoms with van der Waals surface area (Å²) in [4.78, 5) is 1.91. The Bertz CT molecular complexity index is 149. The summed E-state index contributed by atoms with van der Waals surface area (Å²) in [5.74, 6) is 0.674. The molecule has 0 radical (unpaired) electrons. The fraction of sp³-hybridized carbons (Fsp3) is 0.778. The standard InChI is InChI=1S/C9H20N2O/c1-8(11(5)7-6-10)12-9(2,3)4/h1,6-7,10H2,2-5H3. The largest absolute Gasteiger partial charge is 0.474 e. The van der Waals surface area contributed by atoms with E-state index in [0.29, 0.717) is 12.4 Å². The topological polar surface area (TPSA) is 38.5 Å². The van der Waals surface area contributed by atoms with E-state index in [9.17, 15) is 0 Å². The summed E-state index contributed by atoms with van der Waals surface area (Å²) in [6.45, 7) is 11.2. The van der Waals surface area contributed by atoms with Gasteiger partial charge in [-0.25, -0.2) is 0 Å². The Morgan fingerprint density at radius 1 is 1.50 bits per heavy atom. The molecule has 0 aliphatic rings. The van der Waals surface area contributed by atoms with E-state index < -0.39 is 0 Å². The highest BCUT2D eigenvalue weighted by Gasteiger charge is 2.14. The van der Waals surface area contributed by atoms with Crippen LogP contribution in [0.15, 0.2) is 12.5 Å². The van der Waals surface area contributed by atoms with Gasteiger partial charge in [-0.1, -0.05) is 0 Å². The molecule has 0 amide bonds. The summed E-state index contributed by atoms with van der Waals surface area (Å²) in [7, 11) is 1.92. The van der Waals surface area contributed by atoms with E-state index in [-0.39, 0.29) is 5.60 Å². The van der Waals surface area contributed by atoms with E-state index in [0.717, 1.165) is 6.54 Å². The quantitative estimate of drug-likeness (QED) is 0.647. The molecular formula is C9H20N2O. The third-order valence-electron chi connectivity index (χ3n) is 1.31. The molecule has 0 heterocycles. The first-order chi connectivity index (χ1) is 5.37. The van der Waals surface area contributed by atoms with Crippen molar-refractivity contribution in [3.8, 4) is 0 Å². The minimum atomic E-state index is -0.181. The molecule has 0 aromatic heterocycles.